The standard InChI is InChI=1S/C13H16FNO4.Li/c1-18-11-4-8(12(19-2)13(16)17)3-10(5-11)15-6-9(14)7-15;/h3-5,9,12H,6-7H2,1-2H3,(H,16,17);/q;+1/p-1. The van der Waals surface area contributed by atoms with E-state index in [1.54, 1.807) is 23.1 Å². The Balaban J connectivity index is 0.00000200. The molecule has 2 rings (SSSR count). The van der Waals surface area contributed by atoms with E-state index in [4.69, 9.17) is 9.47 Å². The molecule has 0 aromatic heterocycles. The van der Waals surface area contributed by atoms with Crippen LogP contribution in [0.1, 0.15) is 11.7 Å². The molecule has 20 heavy (non-hydrogen) atoms. The molecule has 0 amide bonds. The van der Waals surface area contributed by atoms with Gasteiger partial charge in [0.25, 0.3) is 0 Å². The van der Waals surface area contributed by atoms with Crippen molar-refractivity contribution in [2.45, 2.75) is 12.3 Å². The van der Waals surface area contributed by atoms with E-state index >= 15 is 0 Å². The van der Waals surface area contributed by atoms with E-state index in [1.807, 2.05) is 0 Å². The Kier molecular flexibility index (Phi) is 5.87. The van der Waals surface area contributed by atoms with Crippen LogP contribution in [0.4, 0.5) is 10.1 Å². The first-order valence-corrected chi connectivity index (χ1v) is 5.86. The molecular weight excluding hydrogens is 260 g/mol. The molecule has 0 N–H and O–H groups in total. The molecule has 7 heteroatoms. The molecule has 1 atom stereocenters. The third-order valence-corrected chi connectivity index (χ3v) is 3.10. The average Bonchev–Trinajstić information content (AvgIpc) is 2.35. The van der Waals surface area contributed by atoms with Crippen LogP contribution in [-0.2, 0) is 9.53 Å². The first-order chi connectivity index (χ1) is 9.05. The number of ether oxygens (including phenoxy) is 2. The van der Waals surface area contributed by atoms with Crippen molar-refractivity contribution in [1.29, 1.82) is 0 Å². The molecular formula is C13H15FLiNO4. The molecule has 1 aliphatic rings. The smallest absolute Gasteiger partial charge is 0.547 e. The van der Waals surface area contributed by atoms with Gasteiger partial charge in [0.1, 0.15) is 18.0 Å². The van der Waals surface area contributed by atoms with Crippen LogP contribution in [0.15, 0.2) is 18.2 Å². The van der Waals surface area contributed by atoms with Gasteiger partial charge in [-0.2, -0.15) is 0 Å². The number of carbonyl (C=O) groups excluding carboxylic acids is 1. The second-order valence-electron chi connectivity index (χ2n) is 4.40. The van der Waals surface area contributed by atoms with Crippen molar-refractivity contribution in [3.63, 3.8) is 0 Å². The number of methoxy groups -OCH3 is 2. The van der Waals surface area contributed by atoms with Gasteiger partial charge >= 0.3 is 18.9 Å². The Morgan fingerprint density at radius 2 is 2.05 bits per heavy atom. The topological polar surface area (TPSA) is 61.8 Å². The van der Waals surface area contributed by atoms with Crippen molar-refractivity contribution in [2.24, 2.45) is 0 Å². The molecule has 0 radical (unpaired) electrons. The van der Waals surface area contributed by atoms with E-state index in [9.17, 15) is 14.3 Å². The van der Waals surface area contributed by atoms with E-state index < -0.39 is 18.2 Å². The zero-order chi connectivity index (χ0) is 14.0. The number of alkyl halides is 1. The van der Waals surface area contributed by atoms with E-state index in [1.165, 1.54) is 14.2 Å². The van der Waals surface area contributed by atoms with Crippen molar-refractivity contribution in [2.75, 3.05) is 32.2 Å². The van der Waals surface area contributed by atoms with Crippen molar-refractivity contribution in [3.8, 4) is 5.75 Å². The quantitative estimate of drug-likeness (QED) is 0.547. The molecule has 1 aliphatic heterocycles. The minimum atomic E-state index is -1.33. The Morgan fingerprint density at radius 1 is 1.40 bits per heavy atom. The summed E-state index contributed by atoms with van der Waals surface area (Å²) in [4.78, 5) is 12.8. The molecule has 5 nitrogen and oxygen atoms in total. The number of benzene rings is 1. The van der Waals surface area contributed by atoms with Crippen molar-refractivity contribution in [3.05, 3.63) is 23.8 Å². The predicted molar refractivity (Wildman–Crippen MR) is 64.9 cm³/mol. The molecule has 0 spiro atoms. The molecule has 1 aromatic rings. The van der Waals surface area contributed by atoms with Crippen LogP contribution in [0.2, 0.25) is 0 Å². The summed E-state index contributed by atoms with van der Waals surface area (Å²) in [6.45, 7) is 0.602. The normalized spacial score (nSPS) is 16.1. The summed E-state index contributed by atoms with van der Waals surface area (Å²) in [6, 6.07) is 4.95. The zero-order valence-electron chi connectivity index (χ0n) is 11.8. The molecule has 1 saturated heterocycles. The minimum absolute atomic E-state index is 0. The third kappa shape index (κ3) is 3.45. The molecule has 0 aliphatic carbocycles. The number of halogens is 1. The number of anilines is 1. The zero-order valence-corrected chi connectivity index (χ0v) is 11.8. The van der Waals surface area contributed by atoms with Gasteiger partial charge in [-0.25, -0.2) is 4.39 Å². The Hall–Kier alpha value is -1.22. The molecule has 1 fully saturated rings. The van der Waals surface area contributed by atoms with Crippen molar-refractivity contribution in [1.82, 2.24) is 0 Å². The second kappa shape index (κ2) is 6.98. The maximum atomic E-state index is 12.9. The number of hydrogen-bond donors (Lipinski definition) is 0. The molecule has 0 saturated carbocycles. The number of carbonyl (C=O) groups is 1. The number of hydrogen-bond acceptors (Lipinski definition) is 5. The molecule has 104 valence electrons. The van der Waals surface area contributed by atoms with E-state index in [2.05, 4.69) is 0 Å². The first kappa shape index (κ1) is 16.8. The van der Waals surface area contributed by atoms with Gasteiger partial charge in [-0.1, -0.05) is 0 Å². The SMILES string of the molecule is COc1cc(C(OC)C(=O)[O-])cc(N2CC(F)C2)c1.[Li+]. The first-order valence-electron chi connectivity index (χ1n) is 5.86. The summed E-state index contributed by atoms with van der Waals surface area (Å²) >= 11 is 0. The molecule has 1 heterocycles. The summed E-state index contributed by atoms with van der Waals surface area (Å²) in [5, 5.41) is 11.0. The summed E-state index contributed by atoms with van der Waals surface area (Å²) in [6.07, 6.45) is -2.01. The summed E-state index contributed by atoms with van der Waals surface area (Å²) in [7, 11) is 2.78. The second-order valence-corrected chi connectivity index (χ2v) is 4.40. The van der Waals surface area contributed by atoms with Gasteiger partial charge in [0.05, 0.1) is 26.2 Å². The fraction of sp³-hybridized carbons (Fsp3) is 0.462. The minimum Gasteiger partial charge on any atom is -0.547 e. The van der Waals surface area contributed by atoms with Crippen LogP contribution in [-0.4, -0.2) is 39.5 Å². The van der Waals surface area contributed by atoms with Crippen LogP contribution in [0.3, 0.4) is 0 Å². The van der Waals surface area contributed by atoms with Gasteiger partial charge in [-0.3, -0.25) is 0 Å². The van der Waals surface area contributed by atoms with E-state index in [0.717, 1.165) is 0 Å². The maximum absolute atomic E-state index is 12.9. The van der Waals surface area contributed by atoms with Gasteiger partial charge in [0.2, 0.25) is 0 Å². The molecule has 1 unspecified atom stereocenters. The summed E-state index contributed by atoms with van der Waals surface area (Å²) in [5.41, 5.74) is 1.13. The number of rotatable bonds is 5. The fourth-order valence-electron chi connectivity index (χ4n) is 2.06. The predicted octanol–water partition coefficient (Wildman–Crippen LogP) is -2.71. The van der Waals surface area contributed by atoms with Gasteiger partial charge in [-0.05, 0) is 17.7 Å². The van der Waals surface area contributed by atoms with Gasteiger partial charge in [-0.15, -0.1) is 0 Å². The maximum Gasteiger partial charge on any atom is 1.00 e. The summed E-state index contributed by atoms with van der Waals surface area (Å²) in [5.74, 6) is -0.827. The monoisotopic (exact) mass is 275 g/mol. The van der Waals surface area contributed by atoms with E-state index in [-0.39, 0.29) is 18.9 Å². The number of nitrogens with zero attached hydrogens (tertiary/aromatic N) is 1. The van der Waals surface area contributed by atoms with Gasteiger partial charge < -0.3 is 24.3 Å². The van der Waals surface area contributed by atoms with Crippen LogP contribution in [0, 0.1) is 0 Å². The Morgan fingerprint density at radius 3 is 2.50 bits per heavy atom. The molecule has 1 aromatic carbocycles. The summed E-state index contributed by atoms with van der Waals surface area (Å²) < 4.78 is 22.9. The third-order valence-electron chi connectivity index (χ3n) is 3.10. The van der Waals surface area contributed by atoms with E-state index in [0.29, 0.717) is 30.1 Å². The number of aliphatic carboxylic acids is 1. The largest absolute Gasteiger partial charge is 1.00 e. The van der Waals surface area contributed by atoms with Gasteiger partial charge in [0, 0.05) is 18.9 Å². The average molecular weight is 275 g/mol. The van der Waals surface area contributed by atoms with Crippen molar-refractivity contribution < 1.29 is 42.6 Å². The van der Waals surface area contributed by atoms with Gasteiger partial charge in [0.15, 0.2) is 0 Å². The van der Waals surface area contributed by atoms with Crippen LogP contribution >= 0.6 is 0 Å². The fourth-order valence-corrected chi connectivity index (χ4v) is 2.06. The number of carboxylic acid groups (broad SMARTS) is 1. The van der Waals surface area contributed by atoms with Crippen LogP contribution in [0.5, 0.6) is 5.75 Å². The van der Waals surface area contributed by atoms with Crippen LogP contribution < -0.4 is 33.6 Å². The van der Waals surface area contributed by atoms with Crippen LogP contribution in [0.25, 0.3) is 0 Å². The van der Waals surface area contributed by atoms with Crippen molar-refractivity contribution >= 4 is 11.7 Å². The number of carboxylic acids is 1. The Labute approximate surface area is 128 Å². The molecule has 0 bridgehead atoms. The Bertz CT molecular complexity index is 479.